The topological polar surface area (TPSA) is 29.5 Å². The summed E-state index contributed by atoms with van der Waals surface area (Å²) in [7, 11) is 1.46. The molecule has 0 heterocycles. The van der Waals surface area contributed by atoms with E-state index in [4.69, 9.17) is 9.84 Å². The highest BCUT2D eigenvalue weighted by Gasteiger charge is 2.24. The van der Waals surface area contributed by atoms with Gasteiger partial charge in [-0.2, -0.15) is 0 Å². The Bertz CT molecular complexity index is 1090. The second kappa shape index (κ2) is 10.4. The first-order valence-electron chi connectivity index (χ1n) is 11.5. The highest BCUT2D eigenvalue weighted by molar-refractivity contribution is 5.65. The largest absolute Gasteiger partial charge is 0.494 e. The molecule has 1 fully saturated rings. The Hall–Kier alpha value is -2.79. The normalized spacial score (nSPS) is 18.3. The Morgan fingerprint density at radius 3 is 2.24 bits per heavy atom. The van der Waals surface area contributed by atoms with Crippen LogP contribution in [-0.4, -0.2) is 12.2 Å². The summed E-state index contributed by atoms with van der Waals surface area (Å²) < 4.78 is 48.6. The lowest BCUT2D eigenvalue weighted by Crippen LogP contribution is -2.14. The van der Waals surface area contributed by atoms with Gasteiger partial charge in [0.05, 0.1) is 13.7 Å². The van der Waals surface area contributed by atoms with E-state index in [1.165, 1.54) is 7.11 Å². The highest BCUT2D eigenvalue weighted by atomic mass is 19.2. The van der Waals surface area contributed by atoms with E-state index in [2.05, 4.69) is 0 Å². The van der Waals surface area contributed by atoms with Crippen molar-refractivity contribution in [2.24, 2.45) is 5.92 Å². The van der Waals surface area contributed by atoms with Gasteiger partial charge in [0.1, 0.15) is 0 Å². The number of hydrogen-bond acceptors (Lipinski definition) is 2. The number of ether oxygens (including phenoxy) is 1. The molecule has 0 amide bonds. The van der Waals surface area contributed by atoms with Gasteiger partial charge >= 0.3 is 0 Å². The minimum Gasteiger partial charge on any atom is -0.494 e. The van der Waals surface area contributed by atoms with E-state index in [1.54, 1.807) is 48.5 Å². The van der Waals surface area contributed by atoms with E-state index >= 15 is 0 Å². The average molecular weight is 455 g/mol. The van der Waals surface area contributed by atoms with Crippen LogP contribution in [-0.2, 0) is 13.0 Å². The fourth-order valence-corrected chi connectivity index (χ4v) is 4.88. The van der Waals surface area contributed by atoms with Gasteiger partial charge in [-0.25, -0.2) is 13.2 Å². The molecule has 0 radical (unpaired) electrons. The molecule has 0 bridgehead atoms. The van der Waals surface area contributed by atoms with Gasteiger partial charge in [-0.15, -0.1) is 0 Å². The zero-order chi connectivity index (χ0) is 23.4. The first-order valence-corrected chi connectivity index (χ1v) is 11.5. The quantitative estimate of drug-likeness (QED) is 0.410. The van der Waals surface area contributed by atoms with Crippen LogP contribution in [0.25, 0.3) is 11.1 Å². The molecule has 1 aliphatic carbocycles. The second-order valence-electron chi connectivity index (χ2n) is 8.91. The van der Waals surface area contributed by atoms with Crippen molar-refractivity contribution in [3.05, 3.63) is 88.7 Å². The van der Waals surface area contributed by atoms with Gasteiger partial charge in [0.15, 0.2) is 23.2 Å². The highest BCUT2D eigenvalue weighted by Crippen LogP contribution is 2.39. The molecular weight excluding hydrogens is 425 g/mol. The number of benzene rings is 3. The first-order chi connectivity index (χ1) is 16.0. The zero-order valence-electron chi connectivity index (χ0n) is 18.8. The lowest BCUT2D eigenvalue weighted by atomic mass is 9.77. The smallest absolute Gasteiger partial charge is 0.166 e. The maximum Gasteiger partial charge on any atom is 0.166 e. The van der Waals surface area contributed by atoms with Gasteiger partial charge in [-0.1, -0.05) is 42.5 Å². The summed E-state index contributed by atoms with van der Waals surface area (Å²) in [5, 5.41) is 9.15. The summed E-state index contributed by atoms with van der Waals surface area (Å²) in [6, 6.07) is 15.3. The van der Waals surface area contributed by atoms with Crippen LogP contribution < -0.4 is 4.74 Å². The lowest BCUT2D eigenvalue weighted by molar-refractivity contribution is 0.282. The van der Waals surface area contributed by atoms with E-state index in [0.29, 0.717) is 29.4 Å². The SMILES string of the molecule is COc1ccc(C2CCC(CCc3ccc(-c4ccc(CO)cc4)c(F)c3F)CC2)cc1F. The monoisotopic (exact) mass is 454 g/mol. The molecule has 5 heteroatoms. The van der Waals surface area contributed by atoms with Crippen LogP contribution in [0.15, 0.2) is 54.6 Å². The van der Waals surface area contributed by atoms with Crippen LogP contribution >= 0.6 is 0 Å². The van der Waals surface area contributed by atoms with Crippen LogP contribution in [0.1, 0.15) is 54.7 Å². The number of aryl methyl sites for hydroxylation is 1. The number of methoxy groups -OCH3 is 1. The van der Waals surface area contributed by atoms with Crippen molar-refractivity contribution in [3.8, 4) is 16.9 Å². The van der Waals surface area contributed by atoms with Crippen molar-refractivity contribution < 1.29 is 23.0 Å². The molecular formula is C28H29F3O2. The fourth-order valence-electron chi connectivity index (χ4n) is 4.88. The molecule has 1 N–H and O–H groups in total. The van der Waals surface area contributed by atoms with Gasteiger partial charge in [-0.05, 0) is 84.7 Å². The minimum atomic E-state index is -0.825. The van der Waals surface area contributed by atoms with Crippen LogP contribution in [0.3, 0.4) is 0 Å². The molecule has 4 rings (SSSR count). The third-order valence-electron chi connectivity index (χ3n) is 6.93. The van der Waals surface area contributed by atoms with Crippen molar-refractivity contribution in [2.75, 3.05) is 7.11 Å². The van der Waals surface area contributed by atoms with Crippen molar-refractivity contribution >= 4 is 0 Å². The Balaban J connectivity index is 1.35. The fraction of sp³-hybridized carbons (Fsp3) is 0.357. The minimum absolute atomic E-state index is 0.0883. The molecule has 0 aliphatic heterocycles. The van der Waals surface area contributed by atoms with Crippen molar-refractivity contribution in [2.45, 2.75) is 51.0 Å². The summed E-state index contributed by atoms with van der Waals surface area (Å²) in [6.45, 7) is -0.0883. The molecule has 0 saturated heterocycles. The molecule has 3 aromatic carbocycles. The summed E-state index contributed by atoms with van der Waals surface area (Å²) >= 11 is 0. The van der Waals surface area contributed by atoms with Gasteiger partial charge < -0.3 is 9.84 Å². The van der Waals surface area contributed by atoms with Gasteiger partial charge in [-0.3, -0.25) is 0 Å². The predicted molar refractivity (Wildman–Crippen MR) is 124 cm³/mol. The van der Waals surface area contributed by atoms with Crippen LogP contribution in [0.4, 0.5) is 13.2 Å². The molecule has 0 aromatic heterocycles. The Morgan fingerprint density at radius 2 is 1.61 bits per heavy atom. The maximum atomic E-state index is 14.8. The molecule has 1 aliphatic rings. The lowest BCUT2D eigenvalue weighted by Gasteiger charge is -2.29. The predicted octanol–water partition coefficient (Wildman–Crippen LogP) is 7.18. The standard InChI is InChI=1S/C28H29F3O2/c1-33-26-15-13-23(16-25(26)29)20-7-2-18(3-8-20)4-11-22-12-14-24(28(31)27(22)30)21-9-5-19(17-32)6-10-21/h5-6,9-10,12-16,18,20,32H,2-4,7-8,11,17H2,1H3. The van der Waals surface area contributed by atoms with Crippen molar-refractivity contribution in [1.29, 1.82) is 0 Å². The molecule has 33 heavy (non-hydrogen) atoms. The Kier molecular flexibility index (Phi) is 7.39. The van der Waals surface area contributed by atoms with Crippen LogP contribution in [0, 0.1) is 23.4 Å². The number of aliphatic hydroxyl groups is 1. The van der Waals surface area contributed by atoms with E-state index in [0.717, 1.165) is 43.2 Å². The number of rotatable bonds is 7. The van der Waals surface area contributed by atoms with Gasteiger partial charge in [0.25, 0.3) is 0 Å². The molecule has 0 unspecified atom stereocenters. The Morgan fingerprint density at radius 1 is 0.879 bits per heavy atom. The van der Waals surface area contributed by atoms with Crippen molar-refractivity contribution in [3.63, 3.8) is 0 Å². The van der Waals surface area contributed by atoms with Crippen LogP contribution in [0.2, 0.25) is 0 Å². The van der Waals surface area contributed by atoms with Crippen molar-refractivity contribution in [1.82, 2.24) is 0 Å². The first kappa shape index (κ1) is 23.4. The molecule has 0 spiro atoms. The van der Waals surface area contributed by atoms with Gasteiger partial charge in [0, 0.05) is 5.56 Å². The van der Waals surface area contributed by atoms with Crippen LogP contribution in [0.5, 0.6) is 5.75 Å². The molecule has 3 aromatic rings. The number of aliphatic hydroxyl groups excluding tert-OH is 1. The second-order valence-corrected chi connectivity index (χ2v) is 8.91. The third-order valence-corrected chi connectivity index (χ3v) is 6.93. The number of halogens is 3. The summed E-state index contributed by atoms with van der Waals surface area (Å²) in [5.74, 6) is -0.891. The van der Waals surface area contributed by atoms with E-state index in [1.807, 2.05) is 6.07 Å². The molecule has 174 valence electrons. The van der Waals surface area contributed by atoms with E-state index in [9.17, 15) is 13.2 Å². The zero-order valence-corrected chi connectivity index (χ0v) is 18.8. The number of hydrogen-bond donors (Lipinski definition) is 1. The summed E-state index contributed by atoms with van der Waals surface area (Å²) in [4.78, 5) is 0. The maximum absolute atomic E-state index is 14.8. The third kappa shape index (κ3) is 5.25. The molecule has 1 saturated carbocycles. The summed E-state index contributed by atoms with van der Waals surface area (Å²) in [5.41, 5.74) is 2.95. The Labute approximate surface area is 193 Å². The van der Waals surface area contributed by atoms with Gasteiger partial charge in [0.2, 0.25) is 0 Å². The van der Waals surface area contributed by atoms with E-state index in [-0.39, 0.29) is 23.7 Å². The molecule has 0 atom stereocenters. The summed E-state index contributed by atoms with van der Waals surface area (Å²) in [6.07, 6.45) is 5.24. The van der Waals surface area contributed by atoms with E-state index < -0.39 is 11.6 Å². The molecule has 2 nitrogen and oxygen atoms in total. The average Bonchev–Trinajstić information content (AvgIpc) is 2.85.